The van der Waals surface area contributed by atoms with Crippen molar-refractivity contribution >= 4 is 40.4 Å². The van der Waals surface area contributed by atoms with Crippen molar-refractivity contribution < 1.29 is 9.53 Å². The van der Waals surface area contributed by atoms with Gasteiger partial charge in [-0.05, 0) is 35.4 Å². The van der Waals surface area contributed by atoms with Gasteiger partial charge in [-0.1, -0.05) is 53.4 Å². The molecule has 0 bridgehead atoms. The average molecular weight is 414 g/mol. The highest BCUT2D eigenvalue weighted by atomic mass is 32.2. The van der Waals surface area contributed by atoms with E-state index in [2.05, 4.69) is 32.9 Å². The molecule has 0 fully saturated rings. The summed E-state index contributed by atoms with van der Waals surface area (Å²) in [6.45, 7) is 0.617. The minimum atomic E-state index is -0.226. The molecule has 1 heterocycles. The molecule has 0 aliphatic carbocycles. The van der Waals surface area contributed by atoms with Crippen LogP contribution in [0.4, 0.5) is 5.13 Å². The molecule has 0 aliphatic rings. The van der Waals surface area contributed by atoms with Crippen LogP contribution in [0.25, 0.3) is 0 Å². The van der Waals surface area contributed by atoms with Gasteiger partial charge in [-0.15, -0.1) is 10.2 Å². The van der Waals surface area contributed by atoms with Gasteiger partial charge in [-0.25, -0.2) is 5.43 Å². The molecule has 3 aromatic rings. The number of hydrogen-bond donors (Lipinski definition) is 2. The first-order valence-corrected chi connectivity index (χ1v) is 10.3. The highest BCUT2D eigenvalue weighted by Crippen LogP contribution is 2.22. The van der Waals surface area contributed by atoms with E-state index in [1.165, 1.54) is 28.7 Å². The van der Waals surface area contributed by atoms with E-state index < -0.39 is 0 Å². The van der Waals surface area contributed by atoms with Crippen LogP contribution < -0.4 is 15.9 Å². The van der Waals surface area contributed by atoms with Gasteiger partial charge in [-0.2, -0.15) is 5.10 Å². The molecule has 3 rings (SSSR count). The summed E-state index contributed by atoms with van der Waals surface area (Å²) >= 11 is 2.51. The number of ether oxygens (including phenoxy) is 1. The van der Waals surface area contributed by atoms with Crippen molar-refractivity contribution in [1.82, 2.24) is 15.6 Å². The molecule has 1 amide bonds. The number of nitrogens with two attached hydrogens (primary N) is 1. The van der Waals surface area contributed by atoms with E-state index in [0.29, 0.717) is 16.1 Å². The van der Waals surface area contributed by atoms with Gasteiger partial charge in [0.15, 0.2) is 4.34 Å². The molecule has 2 aromatic carbocycles. The summed E-state index contributed by atoms with van der Waals surface area (Å²) in [7, 11) is 0. The lowest BCUT2D eigenvalue weighted by molar-refractivity contribution is -0.118. The highest BCUT2D eigenvalue weighted by molar-refractivity contribution is 8.01. The second-order valence-electron chi connectivity index (χ2n) is 5.64. The van der Waals surface area contributed by atoms with E-state index in [0.717, 1.165) is 17.7 Å². The van der Waals surface area contributed by atoms with Crippen molar-refractivity contribution in [3.63, 3.8) is 0 Å². The standard InChI is InChI=1S/C19H19N5O2S2/c20-18-23-24-19(28-18)27-13-17(25)22-21-12-15-6-8-16(9-7-15)26-11-10-14-4-2-1-3-5-14/h1-9,12H,10-11,13H2,(H2,20,23)(H,22,25). The molecule has 0 saturated carbocycles. The number of nitrogens with zero attached hydrogens (tertiary/aromatic N) is 3. The van der Waals surface area contributed by atoms with Crippen molar-refractivity contribution in [3.05, 3.63) is 65.7 Å². The summed E-state index contributed by atoms with van der Waals surface area (Å²) in [6, 6.07) is 17.7. The topological polar surface area (TPSA) is 102 Å². The Balaban J connectivity index is 1.37. The Labute approximate surface area is 171 Å². The van der Waals surface area contributed by atoms with Crippen LogP contribution in [-0.2, 0) is 11.2 Å². The molecule has 144 valence electrons. The number of nitrogens with one attached hydrogen (secondary N) is 1. The van der Waals surface area contributed by atoms with E-state index in [9.17, 15) is 4.79 Å². The average Bonchev–Trinajstić information content (AvgIpc) is 3.14. The molecule has 0 aliphatic heterocycles. The minimum Gasteiger partial charge on any atom is -0.493 e. The number of hydrazone groups is 1. The fraction of sp³-hybridized carbons (Fsp3) is 0.158. The monoisotopic (exact) mass is 413 g/mol. The molecule has 0 unspecified atom stereocenters. The summed E-state index contributed by atoms with van der Waals surface area (Å²) in [5, 5.41) is 11.9. The lowest BCUT2D eigenvalue weighted by Crippen LogP contribution is -2.19. The third-order valence-electron chi connectivity index (χ3n) is 3.53. The molecular formula is C19H19N5O2S2. The van der Waals surface area contributed by atoms with Gasteiger partial charge in [0.1, 0.15) is 5.75 Å². The van der Waals surface area contributed by atoms with Crippen LogP contribution in [0.5, 0.6) is 5.75 Å². The Kier molecular flexibility index (Phi) is 7.39. The van der Waals surface area contributed by atoms with Crippen LogP contribution in [0.15, 0.2) is 64.0 Å². The molecule has 0 atom stereocenters. The van der Waals surface area contributed by atoms with Gasteiger partial charge in [0.05, 0.1) is 18.6 Å². The number of nitrogen functional groups attached to an aromatic ring is 1. The molecule has 3 N–H and O–H groups in total. The van der Waals surface area contributed by atoms with Crippen LogP contribution in [0, 0.1) is 0 Å². The van der Waals surface area contributed by atoms with Crippen LogP contribution in [0.3, 0.4) is 0 Å². The van der Waals surface area contributed by atoms with E-state index >= 15 is 0 Å². The SMILES string of the molecule is Nc1nnc(SCC(=O)NN=Cc2ccc(OCCc3ccccc3)cc2)s1. The number of rotatable bonds is 9. The molecule has 28 heavy (non-hydrogen) atoms. The largest absolute Gasteiger partial charge is 0.493 e. The summed E-state index contributed by atoms with van der Waals surface area (Å²) in [5.41, 5.74) is 10.1. The zero-order valence-electron chi connectivity index (χ0n) is 14.9. The lowest BCUT2D eigenvalue weighted by Gasteiger charge is -2.06. The Hall–Kier alpha value is -2.91. The van der Waals surface area contributed by atoms with Crippen molar-refractivity contribution in [1.29, 1.82) is 0 Å². The smallest absolute Gasteiger partial charge is 0.250 e. The van der Waals surface area contributed by atoms with E-state index in [1.807, 2.05) is 42.5 Å². The van der Waals surface area contributed by atoms with Crippen molar-refractivity contribution in [2.45, 2.75) is 10.8 Å². The number of benzene rings is 2. The third kappa shape index (κ3) is 6.67. The van der Waals surface area contributed by atoms with Gasteiger partial charge in [0, 0.05) is 6.42 Å². The number of amides is 1. The van der Waals surface area contributed by atoms with Gasteiger partial charge in [0.25, 0.3) is 5.91 Å². The molecule has 0 spiro atoms. The zero-order chi connectivity index (χ0) is 19.6. The van der Waals surface area contributed by atoms with Gasteiger partial charge in [-0.3, -0.25) is 4.79 Å². The van der Waals surface area contributed by atoms with Crippen LogP contribution in [-0.4, -0.2) is 34.7 Å². The first kappa shape index (κ1) is 19.8. The zero-order valence-corrected chi connectivity index (χ0v) is 16.6. The lowest BCUT2D eigenvalue weighted by atomic mass is 10.2. The second-order valence-corrected chi connectivity index (χ2v) is 7.87. The maximum Gasteiger partial charge on any atom is 0.250 e. The molecule has 1 aromatic heterocycles. The Morgan fingerprint density at radius 2 is 1.96 bits per heavy atom. The van der Waals surface area contributed by atoms with E-state index in [4.69, 9.17) is 10.5 Å². The predicted molar refractivity (Wildman–Crippen MR) is 113 cm³/mol. The van der Waals surface area contributed by atoms with Gasteiger partial charge >= 0.3 is 0 Å². The number of anilines is 1. The third-order valence-corrected chi connectivity index (χ3v) is 5.42. The van der Waals surface area contributed by atoms with Crippen LogP contribution in [0.2, 0.25) is 0 Å². The molecular weight excluding hydrogens is 394 g/mol. The first-order valence-electron chi connectivity index (χ1n) is 8.49. The number of carbonyl (C=O) groups excluding carboxylic acids is 1. The first-order chi connectivity index (χ1) is 13.7. The number of thioether (sulfide) groups is 1. The summed E-state index contributed by atoms with van der Waals surface area (Å²) < 4.78 is 6.40. The second kappa shape index (κ2) is 10.4. The number of hydrogen-bond acceptors (Lipinski definition) is 8. The highest BCUT2D eigenvalue weighted by Gasteiger charge is 2.05. The van der Waals surface area contributed by atoms with E-state index in [1.54, 1.807) is 6.21 Å². The maximum atomic E-state index is 11.8. The van der Waals surface area contributed by atoms with Gasteiger partial charge < -0.3 is 10.5 Å². The minimum absolute atomic E-state index is 0.195. The van der Waals surface area contributed by atoms with Crippen LogP contribution >= 0.6 is 23.1 Å². The summed E-state index contributed by atoms with van der Waals surface area (Å²) in [4.78, 5) is 11.8. The van der Waals surface area contributed by atoms with Gasteiger partial charge in [0.2, 0.25) is 5.13 Å². The Morgan fingerprint density at radius 3 is 2.68 bits per heavy atom. The quantitative estimate of drug-likeness (QED) is 0.318. The number of aromatic nitrogens is 2. The normalized spacial score (nSPS) is 10.9. The predicted octanol–water partition coefficient (Wildman–Crippen LogP) is 2.98. The summed E-state index contributed by atoms with van der Waals surface area (Å²) in [6.07, 6.45) is 2.44. The van der Waals surface area contributed by atoms with Crippen molar-refractivity contribution in [3.8, 4) is 5.75 Å². The molecule has 7 nitrogen and oxygen atoms in total. The number of carbonyl (C=O) groups is 1. The Morgan fingerprint density at radius 1 is 1.18 bits per heavy atom. The van der Waals surface area contributed by atoms with Crippen LogP contribution in [0.1, 0.15) is 11.1 Å². The molecule has 9 heteroatoms. The fourth-order valence-electron chi connectivity index (χ4n) is 2.20. The molecule has 0 radical (unpaired) electrons. The molecule has 0 saturated heterocycles. The maximum absolute atomic E-state index is 11.8. The van der Waals surface area contributed by atoms with E-state index in [-0.39, 0.29) is 11.7 Å². The Bertz CT molecular complexity index is 914. The summed E-state index contributed by atoms with van der Waals surface area (Å²) in [5.74, 6) is 0.765. The fourth-order valence-corrected chi connectivity index (χ4v) is 3.63. The van der Waals surface area contributed by atoms with Crippen molar-refractivity contribution in [2.75, 3.05) is 18.1 Å². The van der Waals surface area contributed by atoms with Crippen molar-refractivity contribution in [2.24, 2.45) is 5.10 Å².